The molecule has 1 aromatic heterocycles. The third kappa shape index (κ3) is 4.46. The number of aromatic nitrogens is 1. The van der Waals surface area contributed by atoms with Gasteiger partial charge in [-0.2, -0.15) is 5.26 Å². The molecule has 1 heterocycles. The van der Waals surface area contributed by atoms with E-state index >= 15 is 0 Å². The summed E-state index contributed by atoms with van der Waals surface area (Å²) in [5.41, 5.74) is 2.11. The van der Waals surface area contributed by atoms with E-state index in [0.717, 1.165) is 11.1 Å². The number of ether oxygens (including phenoxy) is 2. The normalized spacial score (nSPS) is 10.1. The summed E-state index contributed by atoms with van der Waals surface area (Å²) in [6.07, 6.45) is 2.43. The summed E-state index contributed by atoms with van der Waals surface area (Å²) in [7, 11) is 0. The molecule has 0 bridgehead atoms. The number of halogens is 1. The average Bonchev–Trinajstić information content (AvgIpc) is 2.56. The van der Waals surface area contributed by atoms with Crippen molar-refractivity contribution in [3.8, 4) is 17.6 Å². The van der Waals surface area contributed by atoms with Gasteiger partial charge < -0.3 is 9.47 Å². The first-order chi connectivity index (χ1) is 11.5. The lowest BCUT2D eigenvalue weighted by Crippen LogP contribution is -2.05. The zero-order chi connectivity index (χ0) is 17.5. The van der Waals surface area contributed by atoms with Gasteiger partial charge in [-0.1, -0.05) is 23.7 Å². The first-order valence-electron chi connectivity index (χ1n) is 7.52. The molecule has 24 heavy (non-hydrogen) atoms. The van der Waals surface area contributed by atoms with Crippen LogP contribution in [0.4, 0.5) is 0 Å². The van der Waals surface area contributed by atoms with Gasteiger partial charge in [-0.15, -0.1) is 0 Å². The minimum atomic E-state index is -0.208. The Hall–Kier alpha value is -2.58. The highest BCUT2D eigenvalue weighted by atomic mass is 35.5. The Morgan fingerprint density at radius 2 is 2.12 bits per heavy atom. The predicted octanol–water partition coefficient (Wildman–Crippen LogP) is 4.20. The van der Waals surface area contributed by atoms with Crippen molar-refractivity contribution in [1.29, 1.82) is 5.26 Å². The van der Waals surface area contributed by atoms with Gasteiger partial charge in [-0.25, -0.2) is 4.98 Å². The number of nitrogens with zero attached hydrogens (tertiary/aromatic N) is 2. The number of carbonyl (C=O) groups excluding carboxylic acids is 1. The van der Waals surface area contributed by atoms with Crippen LogP contribution in [0.25, 0.3) is 0 Å². The third-order valence-electron chi connectivity index (χ3n) is 3.36. The van der Waals surface area contributed by atoms with E-state index in [2.05, 4.69) is 4.98 Å². The molecule has 0 aliphatic rings. The maximum Gasteiger partial charge on any atom is 0.306 e. The van der Waals surface area contributed by atoms with Crippen LogP contribution in [-0.4, -0.2) is 17.6 Å². The molecule has 6 heteroatoms. The van der Waals surface area contributed by atoms with E-state index in [1.165, 1.54) is 6.20 Å². The molecule has 0 fully saturated rings. The van der Waals surface area contributed by atoms with Crippen LogP contribution in [0.5, 0.6) is 11.5 Å². The third-order valence-corrected chi connectivity index (χ3v) is 3.65. The topological polar surface area (TPSA) is 72.2 Å². The Morgan fingerprint density at radius 1 is 1.33 bits per heavy atom. The van der Waals surface area contributed by atoms with E-state index in [4.69, 9.17) is 26.3 Å². The zero-order valence-corrected chi connectivity index (χ0v) is 14.3. The van der Waals surface area contributed by atoms with E-state index in [1.807, 2.05) is 31.2 Å². The van der Waals surface area contributed by atoms with Crippen LogP contribution in [0, 0.1) is 18.3 Å². The first kappa shape index (κ1) is 17.8. The Kier molecular flexibility index (Phi) is 6.16. The smallest absolute Gasteiger partial charge is 0.306 e. The highest BCUT2D eigenvalue weighted by Gasteiger charge is 2.11. The van der Waals surface area contributed by atoms with Gasteiger partial charge in [0.25, 0.3) is 0 Å². The summed E-state index contributed by atoms with van der Waals surface area (Å²) in [6, 6.07) is 9.23. The van der Waals surface area contributed by atoms with E-state index < -0.39 is 0 Å². The van der Waals surface area contributed by atoms with Crippen LogP contribution in [0.1, 0.15) is 30.0 Å². The van der Waals surface area contributed by atoms with Crippen molar-refractivity contribution >= 4 is 17.6 Å². The predicted molar refractivity (Wildman–Crippen MR) is 90.2 cm³/mol. The standard InChI is InChI=1S/C18H17ClN2O3/c1-3-23-17(22)7-5-13-4-6-15(12(2)10-13)24-16-8-9-21-18(19)14(16)11-20/h4,6,8-10H,3,5,7H2,1-2H3. The second kappa shape index (κ2) is 8.32. The van der Waals surface area contributed by atoms with Crippen molar-refractivity contribution in [3.05, 3.63) is 52.3 Å². The van der Waals surface area contributed by atoms with Crippen LogP contribution >= 0.6 is 11.6 Å². The molecule has 0 saturated carbocycles. The van der Waals surface area contributed by atoms with Gasteiger partial charge in [0, 0.05) is 18.7 Å². The van der Waals surface area contributed by atoms with Crippen molar-refractivity contribution in [1.82, 2.24) is 4.98 Å². The van der Waals surface area contributed by atoms with E-state index in [1.54, 1.807) is 13.0 Å². The number of rotatable bonds is 6. The molecule has 0 aliphatic carbocycles. The lowest BCUT2D eigenvalue weighted by molar-refractivity contribution is -0.143. The second-order valence-corrected chi connectivity index (χ2v) is 5.45. The molecular formula is C18H17ClN2O3. The highest BCUT2D eigenvalue weighted by Crippen LogP contribution is 2.30. The molecule has 0 radical (unpaired) electrons. The quantitative estimate of drug-likeness (QED) is 0.580. The maximum absolute atomic E-state index is 11.4. The van der Waals surface area contributed by atoms with Gasteiger partial charge in [0.2, 0.25) is 0 Å². The molecule has 0 atom stereocenters. The second-order valence-electron chi connectivity index (χ2n) is 5.09. The molecule has 0 spiro atoms. The molecule has 1 aromatic carbocycles. The fraction of sp³-hybridized carbons (Fsp3) is 0.278. The van der Waals surface area contributed by atoms with Crippen molar-refractivity contribution < 1.29 is 14.3 Å². The van der Waals surface area contributed by atoms with Crippen molar-refractivity contribution in [2.24, 2.45) is 0 Å². The van der Waals surface area contributed by atoms with Crippen molar-refractivity contribution in [3.63, 3.8) is 0 Å². The Labute approximate surface area is 145 Å². The van der Waals surface area contributed by atoms with Crippen LogP contribution in [0.3, 0.4) is 0 Å². The summed E-state index contributed by atoms with van der Waals surface area (Å²) in [5.74, 6) is 0.772. The molecule has 0 N–H and O–H groups in total. The SMILES string of the molecule is CCOC(=O)CCc1ccc(Oc2ccnc(Cl)c2C#N)c(C)c1. The van der Waals surface area contributed by atoms with Gasteiger partial charge in [0.05, 0.1) is 6.61 Å². The lowest BCUT2D eigenvalue weighted by atomic mass is 10.1. The molecule has 0 saturated heterocycles. The first-order valence-corrected chi connectivity index (χ1v) is 7.90. The number of hydrogen-bond acceptors (Lipinski definition) is 5. The van der Waals surface area contributed by atoms with Gasteiger partial charge in [-0.05, 0) is 37.5 Å². The molecule has 5 nitrogen and oxygen atoms in total. The Bertz CT molecular complexity index is 784. The molecular weight excluding hydrogens is 328 g/mol. The van der Waals surface area contributed by atoms with Crippen LogP contribution in [0.2, 0.25) is 5.15 Å². The van der Waals surface area contributed by atoms with Crippen LogP contribution in [0.15, 0.2) is 30.5 Å². The largest absolute Gasteiger partial charge is 0.466 e. The van der Waals surface area contributed by atoms with Crippen molar-refractivity contribution in [2.45, 2.75) is 26.7 Å². The van der Waals surface area contributed by atoms with Gasteiger partial charge in [-0.3, -0.25) is 4.79 Å². The Morgan fingerprint density at radius 3 is 2.79 bits per heavy atom. The fourth-order valence-corrected chi connectivity index (χ4v) is 2.38. The molecule has 124 valence electrons. The molecule has 2 aromatic rings. The molecule has 2 rings (SSSR count). The number of carbonyl (C=O) groups is 1. The minimum absolute atomic E-state index is 0.110. The van der Waals surface area contributed by atoms with Gasteiger partial charge in [0.15, 0.2) is 5.15 Å². The number of benzene rings is 1. The van der Waals surface area contributed by atoms with Crippen molar-refractivity contribution in [2.75, 3.05) is 6.61 Å². The summed E-state index contributed by atoms with van der Waals surface area (Å²) >= 11 is 5.90. The lowest BCUT2D eigenvalue weighted by Gasteiger charge is -2.11. The average molecular weight is 345 g/mol. The van der Waals surface area contributed by atoms with Gasteiger partial charge >= 0.3 is 5.97 Å². The molecule has 0 unspecified atom stereocenters. The molecule has 0 amide bonds. The van der Waals surface area contributed by atoms with Crippen LogP contribution in [-0.2, 0) is 16.0 Å². The summed E-state index contributed by atoms with van der Waals surface area (Å²) < 4.78 is 10.7. The number of pyridine rings is 1. The van der Waals surface area contributed by atoms with E-state index in [0.29, 0.717) is 30.9 Å². The number of nitriles is 1. The Balaban J connectivity index is 2.12. The van der Waals surface area contributed by atoms with E-state index in [9.17, 15) is 4.79 Å². The zero-order valence-electron chi connectivity index (χ0n) is 13.5. The number of esters is 1. The minimum Gasteiger partial charge on any atom is -0.466 e. The number of aryl methyl sites for hydroxylation is 2. The highest BCUT2D eigenvalue weighted by molar-refractivity contribution is 6.30. The van der Waals surface area contributed by atoms with Crippen LogP contribution < -0.4 is 4.74 Å². The monoisotopic (exact) mass is 344 g/mol. The van der Waals surface area contributed by atoms with E-state index in [-0.39, 0.29) is 16.7 Å². The molecule has 0 aliphatic heterocycles. The van der Waals surface area contributed by atoms with Gasteiger partial charge in [0.1, 0.15) is 23.1 Å². The number of hydrogen-bond donors (Lipinski definition) is 0. The fourth-order valence-electron chi connectivity index (χ4n) is 2.19. The summed E-state index contributed by atoms with van der Waals surface area (Å²) in [5, 5.41) is 9.27. The summed E-state index contributed by atoms with van der Waals surface area (Å²) in [4.78, 5) is 15.3. The summed E-state index contributed by atoms with van der Waals surface area (Å²) in [6.45, 7) is 4.08. The maximum atomic E-state index is 11.4.